The van der Waals surface area contributed by atoms with Gasteiger partial charge in [0.05, 0.1) is 12.7 Å². The third-order valence-electron chi connectivity index (χ3n) is 1.38. The fourth-order valence-electron chi connectivity index (χ4n) is 0.813. The van der Waals surface area contributed by atoms with E-state index in [-0.39, 0.29) is 6.10 Å². The molecule has 1 atom stereocenters. The van der Waals surface area contributed by atoms with Crippen molar-refractivity contribution in [2.75, 3.05) is 0 Å². The van der Waals surface area contributed by atoms with Crippen LogP contribution in [0.1, 0.15) is 12.5 Å². The van der Waals surface area contributed by atoms with Crippen LogP contribution in [0.15, 0.2) is 30.3 Å². The van der Waals surface area contributed by atoms with E-state index >= 15 is 0 Å². The van der Waals surface area contributed by atoms with Crippen molar-refractivity contribution in [3.05, 3.63) is 42.8 Å². The second kappa shape index (κ2) is 4.14. The molecule has 0 aliphatic rings. The molecule has 0 aromatic heterocycles. The molecule has 0 fully saturated rings. The molecular weight excluding hydrogens is 136 g/mol. The Hall–Kier alpha value is -0.820. The highest BCUT2D eigenvalue weighted by Crippen LogP contribution is 2.01. The molecule has 1 nitrogen and oxygen atoms in total. The lowest BCUT2D eigenvalue weighted by Crippen LogP contribution is -2.02. The molecule has 0 aliphatic heterocycles. The van der Waals surface area contributed by atoms with Crippen LogP contribution in [0.3, 0.4) is 0 Å². The van der Waals surface area contributed by atoms with Gasteiger partial charge < -0.3 is 4.74 Å². The number of benzene rings is 1. The summed E-state index contributed by atoms with van der Waals surface area (Å²) in [6.07, 6.45) is 0.0650. The number of hydrogen-bond acceptors (Lipinski definition) is 1. The molecule has 0 unspecified atom stereocenters. The lowest BCUT2D eigenvalue weighted by Gasteiger charge is -2.06. The van der Waals surface area contributed by atoms with Crippen molar-refractivity contribution in [3.8, 4) is 0 Å². The van der Waals surface area contributed by atoms with E-state index in [0.29, 0.717) is 6.61 Å². The molecule has 1 aromatic carbocycles. The third kappa shape index (κ3) is 3.19. The minimum absolute atomic E-state index is 0.0650. The Morgan fingerprint density at radius 1 is 1.36 bits per heavy atom. The van der Waals surface area contributed by atoms with Crippen LogP contribution in [0.2, 0.25) is 0 Å². The molecule has 11 heavy (non-hydrogen) atoms. The van der Waals surface area contributed by atoms with Crippen molar-refractivity contribution in [2.45, 2.75) is 19.6 Å². The fraction of sp³-hybridized carbons (Fsp3) is 0.300. The summed E-state index contributed by atoms with van der Waals surface area (Å²) in [6.45, 7) is 6.32. The molecule has 0 bridgehead atoms. The summed E-state index contributed by atoms with van der Waals surface area (Å²) in [4.78, 5) is 0. The lowest BCUT2D eigenvalue weighted by atomic mass is 10.2. The van der Waals surface area contributed by atoms with E-state index in [0.717, 1.165) is 0 Å². The maximum atomic E-state index is 5.32. The first kappa shape index (κ1) is 8.28. The zero-order chi connectivity index (χ0) is 8.10. The first-order valence-corrected chi connectivity index (χ1v) is 3.77. The Labute approximate surface area is 68.0 Å². The zero-order valence-electron chi connectivity index (χ0n) is 6.79. The second-order valence-electron chi connectivity index (χ2n) is 2.61. The van der Waals surface area contributed by atoms with Crippen molar-refractivity contribution in [1.29, 1.82) is 0 Å². The first-order chi connectivity index (χ1) is 5.29. The molecule has 1 heteroatoms. The van der Waals surface area contributed by atoms with Crippen LogP contribution in [0, 0.1) is 6.92 Å². The van der Waals surface area contributed by atoms with E-state index in [9.17, 15) is 0 Å². The maximum absolute atomic E-state index is 5.32. The molecule has 0 saturated heterocycles. The van der Waals surface area contributed by atoms with E-state index in [1.165, 1.54) is 5.56 Å². The molecule has 59 valence electrons. The highest BCUT2D eigenvalue weighted by molar-refractivity contribution is 5.13. The number of hydrogen-bond donors (Lipinski definition) is 0. The van der Waals surface area contributed by atoms with E-state index in [1.54, 1.807) is 0 Å². The quantitative estimate of drug-likeness (QED) is 0.641. The van der Waals surface area contributed by atoms with Gasteiger partial charge in [0, 0.05) is 0 Å². The summed E-state index contributed by atoms with van der Waals surface area (Å²) in [5.41, 5.74) is 1.20. The minimum atomic E-state index is 0.0650. The van der Waals surface area contributed by atoms with Gasteiger partial charge >= 0.3 is 0 Å². The molecule has 1 radical (unpaired) electrons. The van der Waals surface area contributed by atoms with Crippen LogP contribution >= 0.6 is 0 Å². The molecule has 0 saturated carbocycles. The summed E-state index contributed by atoms with van der Waals surface area (Å²) in [7, 11) is 0. The number of rotatable bonds is 3. The summed E-state index contributed by atoms with van der Waals surface area (Å²) in [6, 6.07) is 10.1. The lowest BCUT2D eigenvalue weighted by molar-refractivity contribution is 0.0823. The molecule has 0 N–H and O–H groups in total. The van der Waals surface area contributed by atoms with Crippen molar-refractivity contribution in [3.63, 3.8) is 0 Å². The first-order valence-electron chi connectivity index (χ1n) is 3.77. The average molecular weight is 149 g/mol. The van der Waals surface area contributed by atoms with Gasteiger partial charge in [-0.15, -0.1) is 0 Å². The van der Waals surface area contributed by atoms with Gasteiger partial charge in [-0.25, -0.2) is 0 Å². The molecule has 1 rings (SSSR count). The highest BCUT2D eigenvalue weighted by atomic mass is 16.5. The fourth-order valence-corrected chi connectivity index (χ4v) is 0.813. The SMILES string of the molecule is [CH2][C@@H](C)OCc1ccccc1. The average Bonchev–Trinajstić information content (AvgIpc) is 2.03. The highest BCUT2D eigenvalue weighted by Gasteiger charge is 1.93. The molecule has 0 amide bonds. The van der Waals surface area contributed by atoms with Crippen LogP contribution in [-0.4, -0.2) is 6.10 Å². The minimum Gasteiger partial charge on any atom is -0.374 e. The van der Waals surface area contributed by atoms with Crippen molar-refractivity contribution in [2.24, 2.45) is 0 Å². The maximum Gasteiger partial charge on any atom is 0.0720 e. The number of ether oxygens (including phenoxy) is 1. The zero-order valence-corrected chi connectivity index (χ0v) is 6.79. The van der Waals surface area contributed by atoms with Gasteiger partial charge in [-0.05, 0) is 19.4 Å². The van der Waals surface area contributed by atoms with Crippen LogP contribution in [0.4, 0.5) is 0 Å². The largest absolute Gasteiger partial charge is 0.374 e. The topological polar surface area (TPSA) is 9.23 Å². The summed E-state index contributed by atoms with van der Waals surface area (Å²) >= 11 is 0. The molecule has 0 aliphatic carbocycles. The van der Waals surface area contributed by atoms with Crippen LogP contribution in [0.5, 0.6) is 0 Å². The molecule has 1 aromatic rings. The van der Waals surface area contributed by atoms with Crippen LogP contribution < -0.4 is 0 Å². The summed E-state index contributed by atoms with van der Waals surface area (Å²) < 4.78 is 5.32. The van der Waals surface area contributed by atoms with E-state index in [1.807, 2.05) is 37.3 Å². The van der Waals surface area contributed by atoms with E-state index in [4.69, 9.17) is 4.74 Å². The van der Waals surface area contributed by atoms with Gasteiger partial charge in [-0.1, -0.05) is 30.3 Å². The Balaban J connectivity index is 2.39. The predicted molar refractivity (Wildman–Crippen MR) is 46.1 cm³/mol. The monoisotopic (exact) mass is 149 g/mol. The van der Waals surface area contributed by atoms with Gasteiger partial charge in [-0.3, -0.25) is 0 Å². The van der Waals surface area contributed by atoms with Crippen molar-refractivity contribution in [1.82, 2.24) is 0 Å². The normalized spacial score (nSPS) is 10.5. The van der Waals surface area contributed by atoms with Gasteiger partial charge in [0.2, 0.25) is 0 Å². The van der Waals surface area contributed by atoms with Gasteiger partial charge in [-0.2, -0.15) is 0 Å². The van der Waals surface area contributed by atoms with Gasteiger partial charge in [0.15, 0.2) is 0 Å². The third-order valence-corrected chi connectivity index (χ3v) is 1.38. The molecule has 0 spiro atoms. The second-order valence-corrected chi connectivity index (χ2v) is 2.61. The Bertz CT molecular complexity index is 191. The van der Waals surface area contributed by atoms with Gasteiger partial charge in [0.25, 0.3) is 0 Å². The van der Waals surface area contributed by atoms with Crippen molar-refractivity contribution >= 4 is 0 Å². The molecule has 0 heterocycles. The van der Waals surface area contributed by atoms with Crippen LogP contribution in [0.25, 0.3) is 0 Å². The Morgan fingerprint density at radius 2 is 2.00 bits per heavy atom. The Morgan fingerprint density at radius 3 is 2.55 bits per heavy atom. The summed E-state index contributed by atoms with van der Waals surface area (Å²) in [5.74, 6) is 0. The Kier molecular flexibility index (Phi) is 3.12. The standard InChI is InChI=1S/C10H13O/c1-9(2)11-8-10-6-4-3-5-7-10/h3-7,9H,1,8H2,2H3/t9-/m0/s1. The molecular formula is C10H13O. The van der Waals surface area contributed by atoms with Gasteiger partial charge in [0.1, 0.15) is 0 Å². The van der Waals surface area contributed by atoms with E-state index < -0.39 is 0 Å². The predicted octanol–water partition coefficient (Wildman–Crippen LogP) is 2.43. The smallest absolute Gasteiger partial charge is 0.0720 e. The van der Waals surface area contributed by atoms with Crippen molar-refractivity contribution < 1.29 is 4.74 Å². The van der Waals surface area contributed by atoms with Crippen LogP contribution in [-0.2, 0) is 11.3 Å². The summed E-state index contributed by atoms with van der Waals surface area (Å²) in [5, 5.41) is 0. The van der Waals surface area contributed by atoms with E-state index in [2.05, 4.69) is 6.92 Å².